The monoisotopic (exact) mass is 378 g/mol. The normalized spacial score (nSPS) is 17.4. The predicted molar refractivity (Wildman–Crippen MR) is 100 cm³/mol. The maximum absolute atomic E-state index is 12.5. The summed E-state index contributed by atoms with van der Waals surface area (Å²) in [5.41, 5.74) is 1.74. The zero-order valence-corrected chi connectivity index (χ0v) is 15.5. The van der Waals surface area contributed by atoms with Gasteiger partial charge in [-0.25, -0.2) is 0 Å². The third-order valence-corrected chi connectivity index (χ3v) is 4.96. The van der Waals surface area contributed by atoms with Crippen molar-refractivity contribution in [3.05, 3.63) is 51.6 Å². The standard InChI is InChI=1S/C18H20Cl2N4O/c1-12-4-7-17(23-22-12)24-8-2-3-14(11-24)18(25)21-10-13-5-6-15(19)9-16(13)20/h4-7,9,14H,2-3,8,10-11H2,1H3,(H,21,25). The minimum Gasteiger partial charge on any atom is -0.354 e. The van der Waals surface area contributed by atoms with Crippen LogP contribution < -0.4 is 10.2 Å². The van der Waals surface area contributed by atoms with Gasteiger partial charge in [-0.15, -0.1) is 5.10 Å². The molecule has 1 atom stereocenters. The van der Waals surface area contributed by atoms with Crippen LogP contribution in [0.4, 0.5) is 5.82 Å². The molecule has 1 saturated heterocycles. The Bertz CT molecular complexity index is 751. The van der Waals surface area contributed by atoms with Crippen LogP contribution in [0.15, 0.2) is 30.3 Å². The van der Waals surface area contributed by atoms with Crippen LogP contribution in [0.25, 0.3) is 0 Å². The van der Waals surface area contributed by atoms with Crippen molar-refractivity contribution in [2.45, 2.75) is 26.3 Å². The van der Waals surface area contributed by atoms with Gasteiger partial charge in [0.25, 0.3) is 0 Å². The van der Waals surface area contributed by atoms with Crippen molar-refractivity contribution in [2.75, 3.05) is 18.0 Å². The van der Waals surface area contributed by atoms with Gasteiger partial charge in [0, 0.05) is 29.7 Å². The van der Waals surface area contributed by atoms with Gasteiger partial charge in [0.2, 0.25) is 5.91 Å². The number of aryl methyl sites for hydroxylation is 1. The second kappa shape index (κ2) is 8.02. The smallest absolute Gasteiger partial charge is 0.225 e. The van der Waals surface area contributed by atoms with Gasteiger partial charge in [-0.05, 0) is 49.6 Å². The van der Waals surface area contributed by atoms with Crippen LogP contribution in [0, 0.1) is 12.8 Å². The van der Waals surface area contributed by atoms with Crippen LogP contribution in [0.1, 0.15) is 24.1 Å². The number of nitrogens with one attached hydrogen (secondary N) is 1. The van der Waals surface area contributed by atoms with E-state index in [1.165, 1.54) is 0 Å². The largest absolute Gasteiger partial charge is 0.354 e. The number of aromatic nitrogens is 2. The van der Waals surface area contributed by atoms with Gasteiger partial charge in [-0.1, -0.05) is 29.3 Å². The second-order valence-corrected chi connectivity index (χ2v) is 7.12. The minimum atomic E-state index is -0.0667. The summed E-state index contributed by atoms with van der Waals surface area (Å²) in [5.74, 6) is 0.794. The third kappa shape index (κ3) is 4.61. The highest BCUT2D eigenvalue weighted by molar-refractivity contribution is 6.35. The molecule has 1 amide bonds. The fourth-order valence-corrected chi connectivity index (χ4v) is 3.43. The van der Waals surface area contributed by atoms with E-state index in [2.05, 4.69) is 20.4 Å². The van der Waals surface area contributed by atoms with E-state index in [-0.39, 0.29) is 11.8 Å². The molecule has 3 rings (SSSR count). The summed E-state index contributed by atoms with van der Waals surface area (Å²) >= 11 is 12.1. The van der Waals surface area contributed by atoms with E-state index in [4.69, 9.17) is 23.2 Å². The maximum atomic E-state index is 12.5. The molecule has 0 saturated carbocycles. The van der Waals surface area contributed by atoms with Crippen molar-refractivity contribution < 1.29 is 4.79 Å². The molecule has 1 fully saturated rings. The predicted octanol–water partition coefficient (Wildman–Crippen LogP) is 3.62. The van der Waals surface area contributed by atoms with E-state index in [1.807, 2.05) is 25.1 Å². The molecule has 7 heteroatoms. The first kappa shape index (κ1) is 18.0. The lowest BCUT2D eigenvalue weighted by Gasteiger charge is -2.32. The van der Waals surface area contributed by atoms with E-state index in [9.17, 15) is 4.79 Å². The number of halogens is 2. The van der Waals surface area contributed by atoms with Crippen molar-refractivity contribution in [1.29, 1.82) is 0 Å². The zero-order valence-electron chi connectivity index (χ0n) is 14.0. The van der Waals surface area contributed by atoms with E-state index < -0.39 is 0 Å². The molecule has 132 valence electrons. The number of carbonyl (C=O) groups is 1. The average Bonchev–Trinajstić information content (AvgIpc) is 2.61. The molecule has 0 aliphatic carbocycles. The first-order valence-electron chi connectivity index (χ1n) is 8.30. The Kier molecular flexibility index (Phi) is 5.76. The Balaban J connectivity index is 1.59. The molecule has 1 unspecified atom stereocenters. The zero-order chi connectivity index (χ0) is 17.8. The lowest BCUT2D eigenvalue weighted by atomic mass is 9.97. The van der Waals surface area contributed by atoms with Crippen LogP contribution in [0.5, 0.6) is 0 Å². The molecule has 0 radical (unpaired) electrons. The topological polar surface area (TPSA) is 58.1 Å². The number of hydrogen-bond acceptors (Lipinski definition) is 4. The van der Waals surface area contributed by atoms with Crippen LogP contribution in [0.3, 0.4) is 0 Å². The summed E-state index contributed by atoms with van der Waals surface area (Å²) in [6.45, 7) is 3.85. The van der Waals surface area contributed by atoms with Gasteiger partial charge in [0.1, 0.15) is 0 Å². The van der Waals surface area contributed by atoms with Gasteiger partial charge in [0.15, 0.2) is 5.82 Å². The minimum absolute atomic E-state index is 0.0378. The van der Waals surface area contributed by atoms with Crippen molar-refractivity contribution in [3.8, 4) is 0 Å². The van der Waals surface area contributed by atoms with Gasteiger partial charge in [-0.3, -0.25) is 4.79 Å². The summed E-state index contributed by atoms with van der Waals surface area (Å²) in [6.07, 6.45) is 1.82. The van der Waals surface area contributed by atoms with Crippen LogP contribution in [-0.4, -0.2) is 29.2 Å². The fourth-order valence-electron chi connectivity index (χ4n) is 2.95. The van der Waals surface area contributed by atoms with E-state index in [1.54, 1.807) is 12.1 Å². The molecule has 1 aliphatic heterocycles. The Hall–Kier alpha value is -1.85. The molecule has 1 aromatic carbocycles. The van der Waals surface area contributed by atoms with Gasteiger partial charge in [0.05, 0.1) is 11.6 Å². The highest BCUT2D eigenvalue weighted by atomic mass is 35.5. The lowest BCUT2D eigenvalue weighted by Crippen LogP contribution is -2.43. The maximum Gasteiger partial charge on any atom is 0.225 e. The molecule has 5 nitrogen and oxygen atoms in total. The SMILES string of the molecule is Cc1ccc(N2CCCC(C(=O)NCc3ccc(Cl)cc3Cl)C2)nn1. The molecule has 0 spiro atoms. The number of amides is 1. The Morgan fingerprint density at radius 3 is 2.84 bits per heavy atom. The first-order chi connectivity index (χ1) is 12.0. The van der Waals surface area contributed by atoms with Crippen molar-refractivity contribution in [1.82, 2.24) is 15.5 Å². The van der Waals surface area contributed by atoms with Crippen LogP contribution in [-0.2, 0) is 11.3 Å². The molecule has 1 aromatic heterocycles. The average molecular weight is 379 g/mol. The third-order valence-electron chi connectivity index (χ3n) is 4.37. The number of hydrogen-bond donors (Lipinski definition) is 1. The van der Waals surface area contributed by atoms with Crippen LogP contribution >= 0.6 is 23.2 Å². The molecule has 2 aromatic rings. The Morgan fingerprint density at radius 2 is 2.12 bits per heavy atom. The molecule has 1 aliphatic rings. The van der Waals surface area contributed by atoms with Crippen molar-refractivity contribution in [2.24, 2.45) is 5.92 Å². The van der Waals surface area contributed by atoms with Gasteiger partial charge < -0.3 is 10.2 Å². The number of piperidine rings is 1. The van der Waals surface area contributed by atoms with Crippen LogP contribution in [0.2, 0.25) is 10.0 Å². The highest BCUT2D eigenvalue weighted by Gasteiger charge is 2.26. The summed E-state index contributed by atoms with van der Waals surface area (Å²) < 4.78 is 0. The molecular formula is C18H20Cl2N4O. The summed E-state index contributed by atoms with van der Waals surface area (Å²) in [6, 6.07) is 9.18. The Labute approximate surface area is 157 Å². The lowest BCUT2D eigenvalue weighted by molar-refractivity contribution is -0.125. The molecule has 2 heterocycles. The molecule has 25 heavy (non-hydrogen) atoms. The number of benzene rings is 1. The number of carbonyl (C=O) groups excluding carboxylic acids is 1. The van der Waals surface area contributed by atoms with Gasteiger partial charge in [-0.2, -0.15) is 5.10 Å². The van der Waals surface area contributed by atoms with Crippen molar-refractivity contribution in [3.63, 3.8) is 0 Å². The molecule has 1 N–H and O–H groups in total. The second-order valence-electron chi connectivity index (χ2n) is 6.27. The summed E-state index contributed by atoms with van der Waals surface area (Å²) in [7, 11) is 0. The molecular weight excluding hydrogens is 359 g/mol. The number of rotatable bonds is 4. The number of anilines is 1. The molecule has 0 bridgehead atoms. The van der Waals surface area contributed by atoms with E-state index >= 15 is 0 Å². The quantitative estimate of drug-likeness (QED) is 0.882. The summed E-state index contributed by atoms with van der Waals surface area (Å²) in [4.78, 5) is 14.7. The van der Waals surface area contributed by atoms with E-state index in [0.29, 0.717) is 23.1 Å². The summed E-state index contributed by atoms with van der Waals surface area (Å²) in [5, 5.41) is 12.5. The van der Waals surface area contributed by atoms with Crippen molar-refractivity contribution >= 4 is 34.9 Å². The van der Waals surface area contributed by atoms with E-state index in [0.717, 1.165) is 36.5 Å². The Morgan fingerprint density at radius 1 is 1.28 bits per heavy atom. The van der Waals surface area contributed by atoms with Gasteiger partial charge >= 0.3 is 0 Å². The first-order valence-corrected chi connectivity index (χ1v) is 9.05. The fraction of sp³-hybridized carbons (Fsp3) is 0.389. The highest BCUT2D eigenvalue weighted by Crippen LogP contribution is 2.23. The number of nitrogens with zero attached hydrogens (tertiary/aromatic N) is 3.